The van der Waals surface area contributed by atoms with Gasteiger partial charge >= 0.3 is 0 Å². The Bertz CT molecular complexity index is 1460. The number of hydrogen-bond donors (Lipinski definition) is 2. The number of carbonyl (C=O) groups excluding carboxylic acids is 1. The number of aromatic nitrogens is 2. The number of halogens is 1. The number of nitrogens with two attached hydrogens (primary N) is 1. The van der Waals surface area contributed by atoms with E-state index < -0.39 is 10.0 Å². The number of sulfonamides is 1. The molecule has 0 radical (unpaired) electrons. The van der Waals surface area contributed by atoms with E-state index in [0.717, 1.165) is 10.4 Å². The highest BCUT2D eigenvalue weighted by molar-refractivity contribution is 7.89. The lowest BCUT2D eigenvalue weighted by Gasteiger charge is -2.12. The lowest BCUT2D eigenvalue weighted by Crippen LogP contribution is -2.17. The van der Waals surface area contributed by atoms with Crippen LogP contribution in [0.5, 0.6) is 11.6 Å². The van der Waals surface area contributed by atoms with Gasteiger partial charge in [0.25, 0.3) is 0 Å². The van der Waals surface area contributed by atoms with Gasteiger partial charge in [-0.25, -0.2) is 18.5 Å². The summed E-state index contributed by atoms with van der Waals surface area (Å²) < 4.78 is 30.4. The molecule has 4 aromatic rings. The summed E-state index contributed by atoms with van der Waals surface area (Å²) >= 11 is 7.50. The maximum atomic E-state index is 12.5. The maximum absolute atomic E-state index is 12.5. The summed E-state index contributed by atoms with van der Waals surface area (Å²) in [7, 11) is -4.17. The third-order valence-corrected chi connectivity index (χ3v) is 7.01. The zero-order chi connectivity index (χ0) is 24.3. The zero-order valence-corrected chi connectivity index (χ0v) is 20.2. The molecule has 0 aliphatic rings. The fraction of sp³-hybridized carbons (Fsp3) is 0.0870. The Morgan fingerprint density at radius 3 is 2.68 bits per heavy atom. The lowest BCUT2D eigenvalue weighted by atomic mass is 10.1. The molecule has 34 heavy (non-hydrogen) atoms. The minimum atomic E-state index is -4.17. The fourth-order valence-electron chi connectivity index (χ4n) is 3.11. The second kappa shape index (κ2) is 9.90. The molecular formula is C23H19ClN4O4S2. The molecule has 0 saturated heterocycles. The Labute approximate surface area is 205 Å². The molecule has 0 fully saturated rings. The Morgan fingerprint density at radius 1 is 1.18 bits per heavy atom. The standard InChI is InChI=1S/C23H19ClN4O4S2/c1-14-22(28-23(33-14)16-6-4-10-26-13-16)32-19-9-8-17(12-20(19)34(25,30)31)27-21(29)11-15-5-2-3-7-18(15)24/h2-10,12-13H,11H2,1H3,(H,27,29)(H2,25,30,31). The van der Waals surface area contributed by atoms with Gasteiger partial charge in [-0.3, -0.25) is 9.78 Å². The van der Waals surface area contributed by atoms with Gasteiger partial charge in [-0.1, -0.05) is 29.8 Å². The van der Waals surface area contributed by atoms with Gasteiger partial charge in [0.2, 0.25) is 21.8 Å². The molecule has 0 unspecified atom stereocenters. The number of pyridine rings is 1. The molecule has 8 nitrogen and oxygen atoms in total. The van der Waals surface area contributed by atoms with Crippen molar-refractivity contribution in [3.8, 4) is 22.2 Å². The molecule has 4 rings (SSSR count). The summed E-state index contributed by atoms with van der Waals surface area (Å²) in [5.41, 5.74) is 1.71. The van der Waals surface area contributed by atoms with E-state index in [1.54, 1.807) is 42.7 Å². The van der Waals surface area contributed by atoms with Crippen LogP contribution in [0.1, 0.15) is 10.4 Å². The molecule has 0 bridgehead atoms. The van der Waals surface area contributed by atoms with Crippen molar-refractivity contribution in [2.75, 3.05) is 5.32 Å². The first-order valence-electron chi connectivity index (χ1n) is 9.96. The van der Waals surface area contributed by atoms with Crippen molar-refractivity contribution >= 4 is 44.6 Å². The van der Waals surface area contributed by atoms with E-state index in [2.05, 4.69) is 15.3 Å². The quantitative estimate of drug-likeness (QED) is 0.365. The van der Waals surface area contributed by atoms with Crippen LogP contribution in [0.2, 0.25) is 5.02 Å². The van der Waals surface area contributed by atoms with E-state index in [4.69, 9.17) is 21.5 Å². The molecule has 2 aromatic carbocycles. The summed E-state index contributed by atoms with van der Waals surface area (Å²) in [6.07, 6.45) is 3.37. The van der Waals surface area contributed by atoms with Crippen molar-refractivity contribution in [2.24, 2.45) is 5.14 Å². The lowest BCUT2D eigenvalue weighted by molar-refractivity contribution is -0.115. The van der Waals surface area contributed by atoms with Crippen LogP contribution in [0.15, 0.2) is 71.9 Å². The van der Waals surface area contributed by atoms with Crippen LogP contribution in [0.3, 0.4) is 0 Å². The highest BCUT2D eigenvalue weighted by Gasteiger charge is 2.20. The molecule has 11 heteroatoms. The molecule has 1 amide bonds. The van der Waals surface area contributed by atoms with Gasteiger partial charge in [0, 0.05) is 28.7 Å². The van der Waals surface area contributed by atoms with Crippen LogP contribution in [-0.2, 0) is 21.2 Å². The Kier molecular flexibility index (Phi) is 6.94. The summed E-state index contributed by atoms with van der Waals surface area (Å²) in [6.45, 7) is 1.81. The van der Waals surface area contributed by atoms with Gasteiger partial charge in [-0.2, -0.15) is 0 Å². The number of carbonyl (C=O) groups is 1. The minimum Gasteiger partial charge on any atom is -0.436 e. The van der Waals surface area contributed by atoms with Gasteiger partial charge in [0.05, 0.1) is 11.3 Å². The molecule has 0 aliphatic carbocycles. The van der Waals surface area contributed by atoms with Crippen LogP contribution < -0.4 is 15.2 Å². The Balaban J connectivity index is 1.58. The largest absolute Gasteiger partial charge is 0.436 e. The second-order valence-corrected chi connectivity index (χ2v) is 10.4. The zero-order valence-electron chi connectivity index (χ0n) is 17.9. The van der Waals surface area contributed by atoms with Crippen LogP contribution in [0.25, 0.3) is 10.6 Å². The normalized spacial score (nSPS) is 11.3. The molecule has 2 heterocycles. The molecule has 2 aromatic heterocycles. The van der Waals surface area contributed by atoms with Gasteiger partial charge in [0.15, 0.2) is 0 Å². The summed E-state index contributed by atoms with van der Waals surface area (Å²) in [5, 5.41) is 9.24. The number of primary sulfonamides is 1. The van der Waals surface area contributed by atoms with E-state index in [1.165, 1.54) is 29.5 Å². The third kappa shape index (κ3) is 5.60. The van der Waals surface area contributed by atoms with E-state index in [-0.39, 0.29) is 34.5 Å². The Morgan fingerprint density at radius 2 is 1.97 bits per heavy atom. The molecule has 3 N–H and O–H groups in total. The van der Waals surface area contributed by atoms with Crippen molar-refractivity contribution in [1.29, 1.82) is 0 Å². The number of thiazole rings is 1. The van der Waals surface area contributed by atoms with E-state index in [0.29, 0.717) is 15.6 Å². The van der Waals surface area contributed by atoms with E-state index >= 15 is 0 Å². The van der Waals surface area contributed by atoms with E-state index in [9.17, 15) is 13.2 Å². The van der Waals surface area contributed by atoms with Crippen molar-refractivity contribution < 1.29 is 17.9 Å². The predicted octanol–water partition coefficient (Wildman–Crippen LogP) is 4.79. The van der Waals surface area contributed by atoms with Crippen molar-refractivity contribution in [1.82, 2.24) is 9.97 Å². The van der Waals surface area contributed by atoms with Crippen molar-refractivity contribution in [2.45, 2.75) is 18.2 Å². The smallest absolute Gasteiger partial charge is 0.241 e. The summed E-state index contributed by atoms with van der Waals surface area (Å²) in [6, 6.07) is 14.8. The van der Waals surface area contributed by atoms with Crippen molar-refractivity contribution in [3.05, 3.63) is 82.5 Å². The predicted molar refractivity (Wildman–Crippen MR) is 132 cm³/mol. The monoisotopic (exact) mass is 514 g/mol. The maximum Gasteiger partial charge on any atom is 0.241 e. The minimum absolute atomic E-state index is 0.00209. The average Bonchev–Trinajstić information content (AvgIpc) is 3.16. The van der Waals surface area contributed by atoms with Crippen LogP contribution in [0.4, 0.5) is 5.69 Å². The first-order chi connectivity index (χ1) is 16.2. The number of ether oxygens (including phenoxy) is 1. The van der Waals surface area contributed by atoms with Crippen LogP contribution in [0, 0.1) is 6.92 Å². The molecule has 0 spiro atoms. The van der Waals surface area contributed by atoms with Gasteiger partial charge in [0.1, 0.15) is 15.7 Å². The van der Waals surface area contributed by atoms with Gasteiger partial charge in [-0.15, -0.1) is 11.3 Å². The van der Waals surface area contributed by atoms with Gasteiger partial charge in [-0.05, 0) is 48.9 Å². The summed E-state index contributed by atoms with van der Waals surface area (Å²) in [4.78, 5) is 21.5. The second-order valence-electron chi connectivity index (χ2n) is 7.25. The third-order valence-electron chi connectivity index (χ3n) is 4.71. The van der Waals surface area contributed by atoms with Crippen LogP contribution in [-0.4, -0.2) is 24.3 Å². The first kappa shape index (κ1) is 23.8. The number of benzene rings is 2. The Hall–Kier alpha value is -3.31. The molecular weight excluding hydrogens is 496 g/mol. The fourth-order valence-corrected chi connectivity index (χ4v) is 4.82. The number of anilines is 1. The number of hydrogen-bond acceptors (Lipinski definition) is 7. The van der Waals surface area contributed by atoms with E-state index in [1.807, 2.05) is 13.0 Å². The van der Waals surface area contributed by atoms with Crippen molar-refractivity contribution in [3.63, 3.8) is 0 Å². The summed E-state index contributed by atoms with van der Waals surface area (Å²) in [5.74, 6) is -0.111. The number of rotatable bonds is 7. The number of nitrogens with zero attached hydrogens (tertiary/aromatic N) is 2. The molecule has 0 atom stereocenters. The molecule has 0 aliphatic heterocycles. The highest BCUT2D eigenvalue weighted by Crippen LogP contribution is 2.36. The first-order valence-corrected chi connectivity index (χ1v) is 12.7. The molecule has 174 valence electrons. The highest BCUT2D eigenvalue weighted by atomic mass is 35.5. The number of amides is 1. The average molecular weight is 515 g/mol. The molecule has 0 saturated carbocycles. The van der Waals surface area contributed by atoms with Gasteiger partial charge < -0.3 is 10.1 Å². The topological polar surface area (TPSA) is 124 Å². The number of aryl methyl sites for hydroxylation is 1. The number of nitrogens with one attached hydrogen (secondary N) is 1. The SMILES string of the molecule is Cc1sc(-c2cccnc2)nc1Oc1ccc(NC(=O)Cc2ccccc2Cl)cc1S(N)(=O)=O. The van der Waals surface area contributed by atoms with Crippen LogP contribution >= 0.6 is 22.9 Å².